The molecule has 0 saturated carbocycles. The quantitative estimate of drug-likeness (QED) is 0.283. The zero-order chi connectivity index (χ0) is 7.28. The van der Waals surface area contributed by atoms with Crippen LogP contribution in [-0.2, 0) is 10.9 Å². The van der Waals surface area contributed by atoms with Crippen molar-refractivity contribution in [3.8, 4) is 0 Å². The fourth-order valence-electron chi connectivity index (χ4n) is 0.137. The minimum atomic E-state index is -2.70. The Bertz CT molecular complexity index is 158. The molecule has 0 aliphatic heterocycles. The summed E-state index contributed by atoms with van der Waals surface area (Å²) in [6.07, 6.45) is 1.05. The zero-order valence-corrected chi connectivity index (χ0v) is 6.53. The van der Waals surface area contributed by atoms with E-state index in [0.29, 0.717) is 0 Å². The molecule has 1 N–H and O–H groups in total. The maximum Gasteiger partial charge on any atom is 0.237 e. The second-order valence-corrected chi connectivity index (χ2v) is 2.85. The van der Waals surface area contributed by atoms with Crippen LogP contribution in [0.25, 0.3) is 0 Å². The summed E-state index contributed by atoms with van der Waals surface area (Å²) in [7, 11) is -2.70. The highest BCUT2D eigenvalue weighted by Gasteiger charge is 1.88. The lowest BCUT2D eigenvalue weighted by atomic mass is 10.9. The van der Waals surface area contributed by atoms with Crippen LogP contribution in [0.1, 0.15) is 0 Å². The van der Waals surface area contributed by atoms with Crippen LogP contribution in [-0.4, -0.2) is 19.5 Å². The minimum absolute atomic E-state index is 0.785. The summed E-state index contributed by atoms with van der Waals surface area (Å²) in [5.74, 6) is 0. The Labute approximate surface area is 63.9 Å². The summed E-state index contributed by atoms with van der Waals surface area (Å²) in [6.45, 7) is 0. The first kappa shape index (κ1) is 9.00. The van der Waals surface area contributed by atoms with E-state index in [1.807, 2.05) is 0 Å². The van der Waals surface area contributed by atoms with Crippen LogP contribution in [0.5, 0.6) is 0 Å². The van der Waals surface area contributed by atoms with Gasteiger partial charge in [-0.15, -0.1) is 0 Å². The van der Waals surface area contributed by atoms with E-state index < -0.39 is 15.7 Å². The number of hydrogen-bond donors (Lipinski definition) is 2. The van der Waals surface area contributed by atoms with Crippen molar-refractivity contribution in [2.24, 2.45) is 5.10 Å². The Morgan fingerprint density at radius 3 is 2.44 bits per heavy atom. The number of rotatable bonds is 3. The Balaban J connectivity index is 3.48. The van der Waals surface area contributed by atoms with E-state index in [4.69, 9.17) is 23.2 Å². The van der Waals surface area contributed by atoms with Crippen molar-refractivity contribution in [2.45, 2.75) is 4.84 Å². The summed E-state index contributed by atoms with van der Waals surface area (Å²) >= 11 is 10.3. The molecule has 0 fully saturated rings. The molecular formula is C2H4Cl2N2O2S. The van der Waals surface area contributed by atoms with Crippen molar-refractivity contribution in [1.29, 1.82) is 0 Å². The lowest BCUT2D eigenvalue weighted by Crippen LogP contribution is -2.03. The molecule has 54 valence electrons. The summed E-state index contributed by atoms with van der Waals surface area (Å²) in [5.41, 5.74) is 0. The van der Waals surface area contributed by atoms with Gasteiger partial charge in [0.25, 0.3) is 0 Å². The zero-order valence-electron chi connectivity index (χ0n) is 4.12. The highest BCUT2D eigenvalue weighted by molar-refractivity contribution is 7.70. The molecule has 0 aromatic carbocycles. The smallest absolute Gasteiger partial charge is 0.208 e. The Kier molecular flexibility index (Phi) is 4.84. The molecule has 0 aliphatic carbocycles. The lowest BCUT2D eigenvalue weighted by Gasteiger charge is -1.86. The molecular weight excluding hydrogens is 187 g/mol. The molecule has 0 rings (SSSR count). The van der Waals surface area contributed by atoms with Crippen LogP contribution in [0.2, 0.25) is 0 Å². The van der Waals surface area contributed by atoms with Gasteiger partial charge in [0.2, 0.25) is 10.9 Å². The van der Waals surface area contributed by atoms with Crippen LogP contribution >= 0.6 is 23.2 Å². The Hall–Kier alpha value is -0.000000000000000111. The first-order valence-electron chi connectivity index (χ1n) is 1.84. The minimum Gasteiger partial charge on any atom is -0.208 e. The number of alkyl halides is 2. The highest BCUT2D eigenvalue weighted by atomic mass is 35.5. The lowest BCUT2D eigenvalue weighted by molar-refractivity contribution is 0.604. The average molecular weight is 191 g/mol. The summed E-state index contributed by atoms with van der Waals surface area (Å²) < 4.78 is 19.4. The molecule has 0 heterocycles. The van der Waals surface area contributed by atoms with Crippen molar-refractivity contribution in [2.75, 3.05) is 0 Å². The third-order valence-corrected chi connectivity index (χ3v) is 0.831. The maximum atomic E-state index is 9.71. The van der Waals surface area contributed by atoms with Gasteiger partial charge in [0, 0.05) is 0 Å². The fourth-order valence-corrected chi connectivity index (χ4v) is 0.410. The second-order valence-electron chi connectivity index (χ2n) is 0.970. The Morgan fingerprint density at radius 2 is 2.11 bits per heavy atom. The van der Waals surface area contributed by atoms with Gasteiger partial charge in [0.15, 0.2) is 0 Å². The molecule has 7 heteroatoms. The van der Waals surface area contributed by atoms with Crippen LogP contribution in [0.4, 0.5) is 0 Å². The largest absolute Gasteiger partial charge is 0.237 e. The standard InChI is InChI=1S/C2H4Cl2N2O2S/c3-2(4)1-5-6-9(7)8/h1-2,9H,(H,6,7,8)/b5-1+. The SMILES string of the molecule is O=[SH](=O)N/N=C/C(Cl)Cl. The van der Waals surface area contributed by atoms with Gasteiger partial charge in [-0.2, -0.15) is 5.10 Å². The summed E-state index contributed by atoms with van der Waals surface area (Å²) in [4.78, 5) is 0.946. The van der Waals surface area contributed by atoms with E-state index >= 15 is 0 Å². The molecule has 0 spiro atoms. The van der Waals surface area contributed by atoms with Gasteiger partial charge >= 0.3 is 0 Å². The monoisotopic (exact) mass is 190 g/mol. The Morgan fingerprint density at radius 1 is 1.56 bits per heavy atom. The van der Waals surface area contributed by atoms with Gasteiger partial charge < -0.3 is 0 Å². The molecule has 0 aromatic heterocycles. The van der Waals surface area contributed by atoms with Crippen molar-refractivity contribution in [3.05, 3.63) is 0 Å². The highest BCUT2D eigenvalue weighted by Crippen LogP contribution is 1.94. The van der Waals surface area contributed by atoms with Gasteiger partial charge in [0.05, 0.1) is 6.21 Å². The molecule has 0 aromatic rings. The van der Waals surface area contributed by atoms with Crippen LogP contribution in [0, 0.1) is 0 Å². The number of nitrogens with zero attached hydrogens (tertiary/aromatic N) is 1. The van der Waals surface area contributed by atoms with Crippen LogP contribution in [0.3, 0.4) is 0 Å². The molecule has 0 unspecified atom stereocenters. The molecule has 0 amide bonds. The van der Waals surface area contributed by atoms with Gasteiger partial charge in [-0.1, -0.05) is 23.2 Å². The summed E-state index contributed by atoms with van der Waals surface area (Å²) in [5, 5.41) is 3.14. The molecule has 0 bridgehead atoms. The molecule has 9 heavy (non-hydrogen) atoms. The number of hydrazone groups is 1. The van der Waals surface area contributed by atoms with Gasteiger partial charge in [-0.3, -0.25) is 0 Å². The number of nitrogens with one attached hydrogen (secondary N) is 1. The number of halogens is 2. The van der Waals surface area contributed by atoms with Crippen molar-refractivity contribution >= 4 is 40.3 Å². The van der Waals surface area contributed by atoms with Crippen LogP contribution in [0.15, 0.2) is 5.10 Å². The first-order chi connectivity index (χ1) is 4.13. The second kappa shape index (κ2) is 4.84. The van der Waals surface area contributed by atoms with Crippen molar-refractivity contribution in [1.82, 2.24) is 4.83 Å². The van der Waals surface area contributed by atoms with Gasteiger partial charge in [0.1, 0.15) is 4.84 Å². The van der Waals surface area contributed by atoms with E-state index in [9.17, 15) is 8.42 Å². The van der Waals surface area contributed by atoms with E-state index in [0.717, 1.165) is 6.21 Å². The molecule has 4 nitrogen and oxygen atoms in total. The van der Waals surface area contributed by atoms with E-state index in [-0.39, 0.29) is 0 Å². The average Bonchev–Trinajstić information content (AvgIpc) is 1.63. The summed E-state index contributed by atoms with van der Waals surface area (Å²) in [6, 6.07) is 0. The molecule has 0 saturated heterocycles. The van der Waals surface area contributed by atoms with Gasteiger partial charge in [-0.25, -0.2) is 13.2 Å². The predicted molar refractivity (Wildman–Crippen MR) is 37.4 cm³/mol. The normalized spacial score (nSPS) is 11.6. The first-order valence-corrected chi connectivity index (χ1v) is 3.89. The van der Waals surface area contributed by atoms with E-state index in [1.165, 1.54) is 0 Å². The third-order valence-electron chi connectivity index (χ3n) is 0.327. The van der Waals surface area contributed by atoms with Crippen LogP contribution < -0.4 is 4.83 Å². The van der Waals surface area contributed by atoms with Gasteiger partial charge in [-0.05, 0) is 0 Å². The predicted octanol–water partition coefficient (Wildman–Crippen LogP) is -0.108. The fraction of sp³-hybridized carbons (Fsp3) is 0.500. The van der Waals surface area contributed by atoms with Crippen molar-refractivity contribution in [3.63, 3.8) is 0 Å². The molecule has 0 atom stereocenters. The third kappa shape index (κ3) is 8.00. The molecule has 0 aliphatic rings. The maximum absolute atomic E-state index is 9.71. The number of hydrogen-bond acceptors (Lipinski definition) is 3. The molecule has 0 radical (unpaired) electrons. The van der Waals surface area contributed by atoms with E-state index in [2.05, 4.69) is 5.10 Å². The van der Waals surface area contributed by atoms with E-state index in [1.54, 1.807) is 4.83 Å². The number of thiol groups is 1. The topological polar surface area (TPSA) is 58.5 Å². The van der Waals surface area contributed by atoms with Crippen molar-refractivity contribution < 1.29 is 8.42 Å².